The average molecular weight is 409 g/mol. The van der Waals surface area contributed by atoms with Crippen molar-refractivity contribution in [3.8, 4) is 11.5 Å². The zero-order valence-corrected chi connectivity index (χ0v) is 17.3. The summed E-state index contributed by atoms with van der Waals surface area (Å²) < 4.78 is 5.45. The lowest BCUT2D eigenvalue weighted by Crippen LogP contribution is -2.46. The molecule has 2 amide bonds. The highest BCUT2D eigenvalue weighted by Gasteiger charge is 2.20. The zero-order valence-electron chi connectivity index (χ0n) is 17.3. The number of piperazine rings is 1. The number of nitrogens with zero attached hydrogens (tertiary/aromatic N) is 4. The molecule has 0 aromatic carbocycles. The van der Waals surface area contributed by atoms with Crippen LogP contribution in [0.4, 0.5) is 16.4 Å². The van der Waals surface area contributed by atoms with Crippen LogP contribution in [-0.2, 0) is 6.54 Å². The van der Waals surface area contributed by atoms with Crippen molar-refractivity contribution < 1.29 is 9.21 Å². The first-order valence-corrected chi connectivity index (χ1v) is 10.2. The van der Waals surface area contributed by atoms with Crippen LogP contribution in [0.3, 0.4) is 0 Å². The molecule has 4 rings (SSSR count). The molecule has 0 radical (unpaired) electrons. The van der Waals surface area contributed by atoms with E-state index in [0.29, 0.717) is 12.4 Å². The lowest BCUT2D eigenvalue weighted by Gasteiger charge is -2.36. The van der Waals surface area contributed by atoms with E-state index in [4.69, 9.17) is 9.40 Å². The van der Waals surface area contributed by atoms with Gasteiger partial charge in [0, 0.05) is 63.3 Å². The van der Waals surface area contributed by atoms with Crippen LogP contribution in [0.1, 0.15) is 18.2 Å². The van der Waals surface area contributed by atoms with Crippen molar-refractivity contribution in [2.24, 2.45) is 0 Å². The van der Waals surface area contributed by atoms with Gasteiger partial charge < -0.3 is 19.6 Å². The van der Waals surface area contributed by atoms with Crippen LogP contribution in [-0.4, -0.2) is 58.6 Å². The van der Waals surface area contributed by atoms with E-state index in [1.54, 1.807) is 18.7 Å². The highest BCUT2D eigenvalue weighted by molar-refractivity contribution is 5.87. The van der Waals surface area contributed by atoms with Gasteiger partial charge in [0.1, 0.15) is 5.69 Å². The number of aromatic amines is 1. The summed E-state index contributed by atoms with van der Waals surface area (Å²) in [6, 6.07) is 5.77. The van der Waals surface area contributed by atoms with Crippen molar-refractivity contribution in [2.45, 2.75) is 20.4 Å². The molecule has 0 saturated carbocycles. The lowest BCUT2D eigenvalue weighted by atomic mass is 10.2. The highest BCUT2D eigenvalue weighted by Crippen LogP contribution is 2.24. The molecule has 0 aliphatic carbocycles. The summed E-state index contributed by atoms with van der Waals surface area (Å²) in [5, 5.41) is 5.38. The van der Waals surface area contributed by atoms with E-state index in [1.807, 2.05) is 26.0 Å². The van der Waals surface area contributed by atoms with Gasteiger partial charge in [0.2, 0.25) is 5.88 Å². The van der Waals surface area contributed by atoms with Crippen molar-refractivity contribution in [3.63, 3.8) is 0 Å². The maximum absolute atomic E-state index is 11.6. The van der Waals surface area contributed by atoms with Gasteiger partial charge in [-0.25, -0.2) is 14.8 Å². The third kappa shape index (κ3) is 4.62. The predicted molar refractivity (Wildman–Crippen MR) is 115 cm³/mol. The second-order valence-electron chi connectivity index (χ2n) is 7.31. The Bertz CT molecular complexity index is 975. The van der Waals surface area contributed by atoms with Gasteiger partial charge in [0.05, 0.1) is 17.6 Å². The van der Waals surface area contributed by atoms with Gasteiger partial charge in [0.25, 0.3) is 0 Å². The number of aromatic nitrogens is 3. The summed E-state index contributed by atoms with van der Waals surface area (Å²) in [5.74, 6) is 1.25. The molecule has 30 heavy (non-hydrogen) atoms. The Kier molecular flexibility index (Phi) is 5.99. The number of imidazole rings is 1. The molecule has 3 N–H and O–H groups in total. The van der Waals surface area contributed by atoms with Crippen LogP contribution in [0.2, 0.25) is 0 Å². The molecule has 0 unspecified atom stereocenters. The van der Waals surface area contributed by atoms with Crippen LogP contribution in [0.5, 0.6) is 0 Å². The van der Waals surface area contributed by atoms with Gasteiger partial charge in [-0.1, -0.05) is 0 Å². The van der Waals surface area contributed by atoms with E-state index >= 15 is 0 Å². The van der Waals surface area contributed by atoms with E-state index in [1.165, 1.54) is 5.69 Å². The molecule has 0 spiro atoms. The Morgan fingerprint density at radius 2 is 2.10 bits per heavy atom. The second kappa shape index (κ2) is 9.00. The van der Waals surface area contributed by atoms with Crippen LogP contribution in [0, 0.1) is 6.92 Å². The lowest BCUT2D eigenvalue weighted by molar-refractivity contribution is 0.249. The smallest absolute Gasteiger partial charge is 0.321 e. The Balaban J connectivity index is 1.31. The van der Waals surface area contributed by atoms with Gasteiger partial charge in [-0.15, -0.1) is 0 Å². The standard InChI is InChI=1S/C21H27N7O2/c1-3-22-21(29)26-19-12-16(14-30-19)13-27-8-10-28(11-9-27)18-5-4-17(25-15(18)2)20-23-6-7-24-20/h4-7,12,14H,3,8-11,13H2,1-2H3,(H,23,24)(H2,22,26,29). The van der Waals surface area contributed by atoms with Crippen LogP contribution < -0.4 is 15.5 Å². The van der Waals surface area contributed by atoms with Crippen molar-refractivity contribution in [1.29, 1.82) is 0 Å². The molecule has 9 heteroatoms. The Hall–Kier alpha value is -3.33. The monoisotopic (exact) mass is 409 g/mol. The molecule has 9 nitrogen and oxygen atoms in total. The number of amides is 2. The number of pyridine rings is 1. The fourth-order valence-corrected chi connectivity index (χ4v) is 3.67. The number of hydrogen-bond donors (Lipinski definition) is 3. The maximum atomic E-state index is 11.6. The number of H-pyrrole nitrogens is 1. The Morgan fingerprint density at radius 1 is 1.27 bits per heavy atom. The van der Waals surface area contributed by atoms with Gasteiger partial charge in [0.15, 0.2) is 5.82 Å². The van der Waals surface area contributed by atoms with Gasteiger partial charge >= 0.3 is 6.03 Å². The summed E-state index contributed by atoms with van der Waals surface area (Å²) in [6.07, 6.45) is 5.24. The Morgan fingerprint density at radius 3 is 2.80 bits per heavy atom. The fraction of sp³-hybridized carbons (Fsp3) is 0.381. The highest BCUT2D eigenvalue weighted by atomic mass is 16.3. The molecule has 0 atom stereocenters. The zero-order chi connectivity index (χ0) is 20.9. The van der Waals surface area contributed by atoms with Crippen molar-refractivity contribution in [1.82, 2.24) is 25.2 Å². The number of carbonyl (C=O) groups is 1. The molecule has 1 aliphatic heterocycles. The number of aryl methyl sites for hydroxylation is 1. The first-order chi connectivity index (χ1) is 14.6. The van der Waals surface area contributed by atoms with Crippen LogP contribution >= 0.6 is 0 Å². The van der Waals surface area contributed by atoms with Crippen LogP contribution in [0.15, 0.2) is 41.3 Å². The fourth-order valence-electron chi connectivity index (χ4n) is 3.67. The molecular weight excluding hydrogens is 382 g/mol. The summed E-state index contributed by atoms with van der Waals surface area (Å²) in [5.41, 5.74) is 4.09. The normalized spacial score (nSPS) is 14.7. The van der Waals surface area contributed by atoms with Crippen LogP contribution in [0.25, 0.3) is 11.5 Å². The van der Waals surface area contributed by atoms with E-state index in [9.17, 15) is 4.79 Å². The van der Waals surface area contributed by atoms with Crippen molar-refractivity contribution in [3.05, 3.63) is 48.1 Å². The number of hydrogen-bond acceptors (Lipinski definition) is 6. The molecule has 3 aromatic heterocycles. The molecule has 1 fully saturated rings. The molecule has 1 aliphatic rings. The average Bonchev–Trinajstić information content (AvgIpc) is 3.41. The summed E-state index contributed by atoms with van der Waals surface area (Å²) in [7, 11) is 0. The number of carbonyl (C=O) groups excluding carboxylic acids is 1. The van der Waals surface area contributed by atoms with Crippen molar-refractivity contribution in [2.75, 3.05) is 42.9 Å². The van der Waals surface area contributed by atoms with Gasteiger partial charge in [-0.2, -0.15) is 0 Å². The van der Waals surface area contributed by atoms with E-state index in [2.05, 4.69) is 36.5 Å². The Labute approximate surface area is 175 Å². The SMILES string of the molecule is CCNC(=O)Nc1cc(CN2CCN(c3ccc(-c4ncc[nH]4)nc3C)CC2)co1. The minimum Gasteiger partial charge on any atom is -0.448 e. The second-order valence-corrected chi connectivity index (χ2v) is 7.31. The minimum absolute atomic E-state index is 0.256. The van der Waals surface area contributed by atoms with Gasteiger partial charge in [-0.05, 0) is 26.0 Å². The van der Waals surface area contributed by atoms with E-state index in [0.717, 1.165) is 55.5 Å². The molecule has 3 aromatic rings. The quantitative estimate of drug-likeness (QED) is 0.579. The predicted octanol–water partition coefficient (Wildman–Crippen LogP) is 2.84. The summed E-state index contributed by atoms with van der Waals surface area (Å²) in [4.78, 5) is 28.4. The van der Waals surface area contributed by atoms with Gasteiger partial charge in [-0.3, -0.25) is 10.2 Å². The number of urea groups is 1. The first-order valence-electron chi connectivity index (χ1n) is 10.2. The number of anilines is 2. The minimum atomic E-state index is -0.256. The third-order valence-corrected chi connectivity index (χ3v) is 5.15. The largest absolute Gasteiger partial charge is 0.448 e. The van der Waals surface area contributed by atoms with Crippen molar-refractivity contribution >= 4 is 17.6 Å². The number of rotatable bonds is 6. The maximum Gasteiger partial charge on any atom is 0.321 e. The third-order valence-electron chi connectivity index (χ3n) is 5.15. The number of furan rings is 1. The topological polar surface area (TPSA) is 102 Å². The van der Waals surface area contributed by atoms with E-state index < -0.39 is 0 Å². The summed E-state index contributed by atoms with van der Waals surface area (Å²) in [6.45, 7) is 9.05. The number of nitrogens with one attached hydrogen (secondary N) is 3. The summed E-state index contributed by atoms with van der Waals surface area (Å²) >= 11 is 0. The molecular formula is C21H27N7O2. The molecule has 0 bridgehead atoms. The molecule has 4 heterocycles. The van der Waals surface area contributed by atoms with E-state index in [-0.39, 0.29) is 6.03 Å². The molecule has 158 valence electrons. The molecule has 1 saturated heterocycles. The first kappa shape index (κ1) is 20.0.